The Labute approximate surface area is 168 Å². The number of hydrogen-bond acceptors (Lipinski definition) is 3. The van der Waals surface area contributed by atoms with Gasteiger partial charge in [-0.15, -0.1) is 0 Å². The number of carbonyl (C=O) groups excluding carboxylic acids is 2. The molecule has 1 aliphatic carbocycles. The molecule has 152 valence electrons. The molecule has 2 aliphatic heterocycles. The average Bonchev–Trinajstić information content (AvgIpc) is 3.15. The van der Waals surface area contributed by atoms with Gasteiger partial charge in [-0.05, 0) is 49.1 Å². The molecular weight excluding hydrogens is 350 g/mol. The Kier molecular flexibility index (Phi) is 5.72. The van der Waals surface area contributed by atoms with E-state index in [0.29, 0.717) is 42.2 Å². The van der Waals surface area contributed by atoms with Crippen molar-refractivity contribution in [2.45, 2.75) is 58.2 Å². The van der Waals surface area contributed by atoms with Crippen LogP contribution in [-0.2, 0) is 16.1 Å². The summed E-state index contributed by atoms with van der Waals surface area (Å²) in [4.78, 5) is 28.3. The van der Waals surface area contributed by atoms with Crippen LogP contribution in [0.5, 0.6) is 0 Å². The fourth-order valence-corrected chi connectivity index (χ4v) is 5.63. The summed E-state index contributed by atoms with van der Waals surface area (Å²) in [6, 6.07) is 11.3. The maximum Gasteiger partial charge on any atom is 0.223 e. The van der Waals surface area contributed by atoms with Crippen molar-refractivity contribution in [1.82, 2.24) is 15.1 Å². The zero-order valence-electron chi connectivity index (χ0n) is 17.1. The second-order valence-corrected chi connectivity index (χ2v) is 9.01. The molecule has 3 fully saturated rings. The number of likely N-dealkylation sites (tertiary alicyclic amines) is 2. The Hall–Kier alpha value is -1.88. The van der Waals surface area contributed by atoms with Gasteiger partial charge in [0.25, 0.3) is 0 Å². The molecule has 2 heterocycles. The zero-order valence-corrected chi connectivity index (χ0v) is 17.1. The fraction of sp³-hybridized carbons (Fsp3) is 0.652. The van der Waals surface area contributed by atoms with E-state index in [1.807, 2.05) is 11.0 Å². The highest BCUT2D eigenvalue weighted by atomic mass is 16.2. The summed E-state index contributed by atoms with van der Waals surface area (Å²) in [6.07, 6.45) is 3.90. The minimum absolute atomic E-state index is 0.189. The van der Waals surface area contributed by atoms with E-state index < -0.39 is 0 Å². The highest BCUT2D eigenvalue weighted by Crippen LogP contribution is 2.46. The minimum atomic E-state index is 0.189. The van der Waals surface area contributed by atoms with E-state index in [2.05, 4.69) is 41.4 Å². The lowest BCUT2D eigenvalue weighted by Crippen LogP contribution is -2.46. The van der Waals surface area contributed by atoms with E-state index >= 15 is 0 Å². The molecule has 0 spiro atoms. The number of carbonyl (C=O) groups is 2. The third-order valence-electron chi connectivity index (χ3n) is 7.30. The normalized spacial score (nSPS) is 30.7. The molecule has 3 aliphatic rings. The van der Waals surface area contributed by atoms with Crippen LogP contribution in [0, 0.1) is 17.8 Å². The Bertz CT molecular complexity index is 699. The van der Waals surface area contributed by atoms with Gasteiger partial charge in [0, 0.05) is 45.1 Å². The Balaban J connectivity index is 1.33. The summed E-state index contributed by atoms with van der Waals surface area (Å²) in [7, 11) is 0. The van der Waals surface area contributed by atoms with Crippen molar-refractivity contribution in [2.24, 2.45) is 17.8 Å². The predicted molar refractivity (Wildman–Crippen MR) is 109 cm³/mol. The molecule has 0 unspecified atom stereocenters. The molecule has 4 atom stereocenters. The number of fused-ring (bicyclic) bond motifs is 1. The van der Waals surface area contributed by atoms with Gasteiger partial charge >= 0.3 is 0 Å². The number of amides is 2. The molecule has 1 aromatic carbocycles. The maximum atomic E-state index is 12.7. The molecule has 5 nitrogen and oxygen atoms in total. The molecule has 2 amide bonds. The van der Waals surface area contributed by atoms with Crippen LogP contribution in [-0.4, -0.2) is 53.3 Å². The smallest absolute Gasteiger partial charge is 0.223 e. The lowest BCUT2D eigenvalue weighted by molar-refractivity contribution is -0.130. The monoisotopic (exact) mass is 383 g/mol. The molecule has 2 saturated heterocycles. The molecular formula is C23H33N3O2. The number of nitrogens with one attached hydrogen (secondary N) is 1. The van der Waals surface area contributed by atoms with Gasteiger partial charge in [0.15, 0.2) is 0 Å². The third kappa shape index (κ3) is 3.95. The minimum Gasteiger partial charge on any atom is -0.343 e. The Morgan fingerprint density at radius 2 is 1.89 bits per heavy atom. The van der Waals surface area contributed by atoms with Gasteiger partial charge in [0.2, 0.25) is 11.8 Å². The van der Waals surface area contributed by atoms with Gasteiger partial charge in [-0.1, -0.05) is 37.3 Å². The van der Waals surface area contributed by atoms with Gasteiger partial charge in [-0.25, -0.2) is 0 Å². The first-order valence-electron chi connectivity index (χ1n) is 10.8. The van der Waals surface area contributed by atoms with Crippen LogP contribution in [0.2, 0.25) is 0 Å². The highest BCUT2D eigenvalue weighted by Gasteiger charge is 2.50. The van der Waals surface area contributed by atoms with Crippen molar-refractivity contribution in [3.8, 4) is 0 Å². The van der Waals surface area contributed by atoms with Crippen molar-refractivity contribution in [2.75, 3.05) is 19.6 Å². The summed E-state index contributed by atoms with van der Waals surface area (Å²) < 4.78 is 0. The topological polar surface area (TPSA) is 52.7 Å². The van der Waals surface area contributed by atoms with Crippen molar-refractivity contribution < 1.29 is 9.59 Å². The first kappa shape index (κ1) is 19.4. The molecule has 1 saturated carbocycles. The predicted octanol–water partition coefficient (Wildman–Crippen LogP) is 2.66. The third-order valence-corrected chi connectivity index (χ3v) is 7.30. The van der Waals surface area contributed by atoms with Crippen molar-refractivity contribution in [3.63, 3.8) is 0 Å². The second-order valence-electron chi connectivity index (χ2n) is 9.01. The Morgan fingerprint density at radius 3 is 2.57 bits per heavy atom. The van der Waals surface area contributed by atoms with E-state index in [4.69, 9.17) is 0 Å². The van der Waals surface area contributed by atoms with Crippen molar-refractivity contribution in [3.05, 3.63) is 35.9 Å². The molecule has 28 heavy (non-hydrogen) atoms. The number of hydrogen-bond donors (Lipinski definition) is 1. The van der Waals surface area contributed by atoms with E-state index in [9.17, 15) is 9.59 Å². The van der Waals surface area contributed by atoms with Crippen LogP contribution in [0.25, 0.3) is 0 Å². The molecule has 4 rings (SSSR count). The van der Waals surface area contributed by atoms with Gasteiger partial charge in [-0.3, -0.25) is 9.59 Å². The average molecular weight is 384 g/mol. The largest absolute Gasteiger partial charge is 0.343 e. The lowest BCUT2D eigenvalue weighted by atomic mass is 9.88. The summed E-state index contributed by atoms with van der Waals surface area (Å²) in [5.41, 5.74) is 1.22. The molecule has 0 aromatic heterocycles. The molecule has 0 radical (unpaired) electrons. The van der Waals surface area contributed by atoms with E-state index in [0.717, 1.165) is 45.4 Å². The molecule has 0 bridgehead atoms. The fourth-order valence-electron chi connectivity index (χ4n) is 5.63. The first-order chi connectivity index (χ1) is 13.5. The number of benzene rings is 1. The van der Waals surface area contributed by atoms with E-state index in [1.54, 1.807) is 6.92 Å². The summed E-state index contributed by atoms with van der Waals surface area (Å²) in [6.45, 7) is 7.49. The van der Waals surface area contributed by atoms with Crippen LogP contribution >= 0.6 is 0 Å². The number of piperidine rings is 1. The van der Waals surface area contributed by atoms with Gasteiger partial charge in [0.1, 0.15) is 0 Å². The molecule has 1 N–H and O–H groups in total. The maximum absolute atomic E-state index is 12.7. The first-order valence-corrected chi connectivity index (χ1v) is 10.8. The van der Waals surface area contributed by atoms with E-state index in [-0.39, 0.29) is 5.91 Å². The van der Waals surface area contributed by atoms with Crippen LogP contribution in [0.15, 0.2) is 30.3 Å². The van der Waals surface area contributed by atoms with Gasteiger partial charge < -0.3 is 15.1 Å². The standard InChI is InChI=1S/C23H33N3O2/c1-16-12-22-20(13-23(28)26(22)15-18-6-4-3-5-7-18)21(16)14-24-19-8-10-25(11-9-19)17(2)27/h3-7,16,19-22,24H,8-15H2,1-2H3/t16-,20-,21+,22+/m0/s1. The Morgan fingerprint density at radius 1 is 1.18 bits per heavy atom. The quantitative estimate of drug-likeness (QED) is 0.851. The van der Waals surface area contributed by atoms with Gasteiger partial charge in [-0.2, -0.15) is 0 Å². The van der Waals surface area contributed by atoms with Crippen molar-refractivity contribution >= 4 is 11.8 Å². The molecule has 5 heteroatoms. The van der Waals surface area contributed by atoms with Crippen LogP contribution < -0.4 is 5.32 Å². The number of rotatable bonds is 5. The van der Waals surface area contributed by atoms with Crippen LogP contribution in [0.1, 0.15) is 45.1 Å². The van der Waals surface area contributed by atoms with Gasteiger partial charge in [0.05, 0.1) is 0 Å². The SMILES string of the molecule is CC(=O)N1CCC(NC[C@H]2[C@@H]3CC(=O)N(Cc4ccccc4)[C@@H]3C[C@@H]2C)CC1. The van der Waals surface area contributed by atoms with Crippen molar-refractivity contribution in [1.29, 1.82) is 0 Å². The summed E-state index contributed by atoms with van der Waals surface area (Å²) in [5, 5.41) is 3.78. The van der Waals surface area contributed by atoms with Crippen LogP contribution in [0.3, 0.4) is 0 Å². The van der Waals surface area contributed by atoms with Crippen LogP contribution in [0.4, 0.5) is 0 Å². The zero-order chi connectivity index (χ0) is 19.7. The number of nitrogens with zero attached hydrogens (tertiary/aromatic N) is 2. The van der Waals surface area contributed by atoms with E-state index in [1.165, 1.54) is 5.56 Å². The second kappa shape index (κ2) is 8.24. The lowest BCUT2D eigenvalue weighted by Gasteiger charge is -2.33. The molecule has 1 aromatic rings. The summed E-state index contributed by atoms with van der Waals surface area (Å²) in [5.74, 6) is 2.21. The highest BCUT2D eigenvalue weighted by molar-refractivity contribution is 5.79. The summed E-state index contributed by atoms with van der Waals surface area (Å²) >= 11 is 0.